The number of nitrogens with one attached hydrogen (secondary N) is 1. The summed E-state index contributed by atoms with van der Waals surface area (Å²) in [6.07, 6.45) is 0. The number of hydrogen-bond acceptors (Lipinski definition) is 4. The molecule has 1 amide bonds. The fraction of sp³-hybridized carbons (Fsp3) is 0.278. The van der Waals surface area contributed by atoms with E-state index in [1.54, 1.807) is 36.2 Å². The van der Waals surface area contributed by atoms with Crippen LogP contribution >= 0.6 is 0 Å². The van der Waals surface area contributed by atoms with Gasteiger partial charge in [0.2, 0.25) is 15.9 Å². The Bertz CT molecular complexity index is 868. The van der Waals surface area contributed by atoms with Crippen molar-refractivity contribution in [2.24, 2.45) is 0 Å². The van der Waals surface area contributed by atoms with E-state index in [4.69, 9.17) is 0 Å². The first-order chi connectivity index (χ1) is 12.2. The topological polar surface area (TPSA) is 69.7 Å². The van der Waals surface area contributed by atoms with Gasteiger partial charge in [-0.2, -0.15) is 0 Å². The number of benzene rings is 2. The molecule has 0 radical (unpaired) electrons. The van der Waals surface area contributed by atoms with E-state index in [9.17, 15) is 17.6 Å². The summed E-state index contributed by atoms with van der Waals surface area (Å²) in [4.78, 5) is 14.1. The molecule has 0 aliphatic heterocycles. The van der Waals surface area contributed by atoms with E-state index in [2.05, 4.69) is 5.32 Å². The Kier molecular flexibility index (Phi) is 6.47. The molecule has 0 saturated heterocycles. The van der Waals surface area contributed by atoms with Crippen LogP contribution in [0.5, 0.6) is 0 Å². The molecular weight excluding hydrogens is 357 g/mol. The third kappa shape index (κ3) is 5.35. The minimum Gasteiger partial charge on any atom is -0.325 e. The highest BCUT2D eigenvalue weighted by Gasteiger charge is 2.17. The van der Waals surface area contributed by atoms with Crippen LogP contribution in [0.4, 0.5) is 10.1 Å². The number of hydrogen-bond donors (Lipinski definition) is 1. The summed E-state index contributed by atoms with van der Waals surface area (Å²) >= 11 is 0. The maximum atomic E-state index is 12.9. The molecule has 0 bridgehead atoms. The molecule has 0 unspecified atom stereocenters. The Morgan fingerprint density at radius 1 is 1.08 bits per heavy atom. The van der Waals surface area contributed by atoms with Crippen molar-refractivity contribution in [1.82, 2.24) is 9.21 Å². The van der Waals surface area contributed by atoms with Gasteiger partial charge in [0.15, 0.2) is 0 Å². The molecular formula is C18H22FN3O3S. The van der Waals surface area contributed by atoms with Crippen molar-refractivity contribution in [3.05, 3.63) is 59.9 Å². The average Bonchev–Trinajstić information content (AvgIpc) is 2.56. The molecule has 0 atom stereocenters. The molecule has 2 rings (SSSR count). The Morgan fingerprint density at radius 2 is 1.73 bits per heavy atom. The molecule has 0 heterocycles. The van der Waals surface area contributed by atoms with Gasteiger partial charge in [0.25, 0.3) is 0 Å². The Morgan fingerprint density at radius 3 is 2.35 bits per heavy atom. The second kappa shape index (κ2) is 8.39. The summed E-state index contributed by atoms with van der Waals surface area (Å²) in [5, 5.41) is 2.70. The monoisotopic (exact) mass is 379 g/mol. The predicted octanol–water partition coefficient (Wildman–Crippen LogP) is 2.15. The first-order valence-electron chi connectivity index (χ1n) is 7.94. The average molecular weight is 379 g/mol. The lowest BCUT2D eigenvalue weighted by Crippen LogP contribution is -2.30. The molecule has 0 spiro atoms. The standard InChI is InChI=1S/C18H22FN3O3S/c1-21(2)26(24,25)17-6-4-5-16(11-17)20-18(23)13-22(3)12-14-7-9-15(19)10-8-14/h4-11H,12-13H2,1-3H3,(H,20,23). The highest BCUT2D eigenvalue weighted by molar-refractivity contribution is 7.89. The maximum absolute atomic E-state index is 12.9. The van der Waals surface area contributed by atoms with Crippen molar-refractivity contribution in [2.45, 2.75) is 11.4 Å². The number of halogens is 1. The lowest BCUT2D eigenvalue weighted by Gasteiger charge is -2.17. The van der Waals surface area contributed by atoms with Crippen LogP contribution in [0.2, 0.25) is 0 Å². The Labute approximate surface area is 153 Å². The van der Waals surface area contributed by atoms with Gasteiger partial charge >= 0.3 is 0 Å². The molecule has 0 fully saturated rings. The third-order valence-electron chi connectivity index (χ3n) is 3.68. The normalized spacial score (nSPS) is 11.8. The largest absolute Gasteiger partial charge is 0.325 e. The van der Waals surface area contributed by atoms with Crippen LogP contribution in [-0.4, -0.2) is 51.2 Å². The summed E-state index contributed by atoms with van der Waals surface area (Å²) in [5.74, 6) is -0.573. The molecule has 26 heavy (non-hydrogen) atoms. The van der Waals surface area contributed by atoms with E-state index in [1.807, 2.05) is 0 Å². The van der Waals surface area contributed by atoms with Gasteiger partial charge in [-0.15, -0.1) is 0 Å². The molecule has 2 aromatic rings. The molecule has 140 valence electrons. The SMILES string of the molecule is CN(CC(=O)Nc1cccc(S(=O)(=O)N(C)C)c1)Cc1ccc(F)cc1. The van der Waals surface area contributed by atoms with Gasteiger partial charge in [0.1, 0.15) is 5.82 Å². The molecule has 0 saturated carbocycles. The second-order valence-corrected chi connectivity index (χ2v) is 8.31. The van der Waals surface area contributed by atoms with Crippen LogP contribution in [0.1, 0.15) is 5.56 Å². The number of rotatable bonds is 7. The number of amides is 1. The van der Waals surface area contributed by atoms with Crippen LogP contribution in [0, 0.1) is 5.82 Å². The Hall–Kier alpha value is -2.29. The first kappa shape index (κ1) is 20.0. The molecule has 0 aliphatic rings. The lowest BCUT2D eigenvalue weighted by atomic mass is 10.2. The van der Waals surface area contributed by atoms with Gasteiger partial charge < -0.3 is 5.32 Å². The van der Waals surface area contributed by atoms with Crippen molar-refractivity contribution in [3.8, 4) is 0 Å². The zero-order valence-electron chi connectivity index (χ0n) is 14.9. The fourth-order valence-corrected chi connectivity index (χ4v) is 3.30. The van der Waals surface area contributed by atoms with Crippen LogP contribution < -0.4 is 5.32 Å². The van der Waals surface area contributed by atoms with E-state index in [1.165, 1.54) is 38.4 Å². The van der Waals surface area contributed by atoms with Crippen molar-refractivity contribution in [1.29, 1.82) is 0 Å². The zero-order valence-corrected chi connectivity index (χ0v) is 15.8. The van der Waals surface area contributed by atoms with Crippen LogP contribution in [0.3, 0.4) is 0 Å². The highest BCUT2D eigenvalue weighted by atomic mass is 32.2. The summed E-state index contributed by atoms with van der Waals surface area (Å²) in [6, 6.07) is 12.2. The van der Waals surface area contributed by atoms with Crippen LogP contribution in [0.15, 0.2) is 53.4 Å². The fourth-order valence-electron chi connectivity index (χ4n) is 2.35. The predicted molar refractivity (Wildman–Crippen MR) is 98.7 cm³/mol. The molecule has 6 nitrogen and oxygen atoms in total. The number of likely N-dealkylation sites (N-methyl/N-ethyl adjacent to an activating group) is 1. The van der Waals surface area contributed by atoms with Crippen molar-refractivity contribution < 1.29 is 17.6 Å². The van der Waals surface area contributed by atoms with E-state index in [0.29, 0.717) is 12.2 Å². The quantitative estimate of drug-likeness (QED) is 0.800. The van der Waals surface area contributed by atoms with Gasteiger partial charge in [-0.3, -0.25) is 9.69 Å². The van der Waals surface area contributed by atoms with Crippen molar-refractivity contribution in [2.75, 3.05) is 33.0 Å². The number of carbonyl (C=O) groups excluding carboxylic acids is 1. The molecule has 1 N–H and O–H groups in total. The maximum Gasteiger partial charge on any atom is 0.242 e. The molecule has 0 aromatic heterocycles. The van der Waals surface area contributed by atoms with E-state index >= 15 is 0 Å². The summed E-state index contributed by atoms with van der Waals surface area (Å²) in [5.41, 5.74) is 1.30. The number of nitrogens with zero attached hydrogens (tertiary/aromatic N) is 2. The van der Waals surface area contributed by atoms with Gasteiger partial charge in [-0.05, 0) is 42.9 Å². The molecule has 0 aliphatic carbocycles. The second-order valence-electron chi connectivity index (χ2n) is 6.16. The van der Waals surface area contributed by atoms with Crippen molar-refractivity contribution >= 4 is 21.6 Å². The number of anilines is 1. The molecule has 8 heteroatoms. The number of carbonyl (C=O) groups is 1. The van der Waals surface area contributed by atoms with Crippen LogP contribution in [0.25, 0.3) is 0 Å². The summed E-state index contributed by atoms with van der Waals surface area (Å²) in [6.45, 7) is 0.602. The van der Waals surface area contributed by atoms with E-state index in [-0.39, 0.29) is 23.2 Å². The Balaban J connectivity index is 1.98. The van der Waals surface area contributed by atoms with Crippen LogP contribution in [-0.2, 0) is 21.4 Å². The zero-order chi connectivity index (χ0) is 19.3. The smallest absolute Gasteiger partial charge is 0.242 e. The number of sulfonamides is 1. The lowest BCUT2D eigenvalue weighted by molar-refractivity contribution is -0.117. The third-order valence-corrected chi connectivity index (χ3v) is 5.49. The van der Waals surface area contributed by atoms with Gasteiger partial charge in [0.05, 0.1) is 11.4 Å². The first-order valence-corrected chi connectivity index (χ1v) is 9.38. The minimum absolute atomic E-state index is 0.111. The van der Waals surface area contributed by atoms with Gasteiger partial charge in [-0.25, -0.2) is 17.1 Å². The van der Waals surface area contributed by atoms with Crippen molar-refractivity contribution in [3.63, 3.8) is 0 Å². The summed E-state index contributed by atoms with van der Waals surface area (Å²) in [7, 11) is 1.11. The minimum atomic E-state index is -3.56. The van der Waals surface area contributed by atoms with Gasteiger partial charge in [0, 0.05) is 26.3 Å². The van der Waals surface area contributed by atoms with Gasteiger partial charge in [-0.1, -0.05) is 18.2 Å². The highest BCUT2D eigenvalue weighted by Crippen LogP contribution is 2.18. The van der Waals surface area contributed by atoms with E-state index in [0.717, 1.165) is 9.87 Å². The van der Waals surface area contributed by atoms with E-state index < -0.39 is 10.0 Å². The molecule has 2 aromatic carbocycles. The summed E-state index contributed by atoms with van der Waals surface area (Å²) < 4.78 is 38.3.